The van der Waals surface area contributed by atoms with Gasteiger partial charge in [-0.1, -0.05) is 23.7 Å². The van der Waals surface area contributed by atoms with Crippen molar-refractivity contribution >= 4 is 23.7 Å². The molecular weight excluding hydrogens is 376 g/mol. The van der Waals surface area contributed by atoms with E-state index in [1.165, 1.54) is 12.3 Å². The molecule has 0 aliphatic heterocycles. The summed E-state index contributed by atoms with van der Waals surface area (Å²) in [6, 6.07) is 9.57. The third kappa shape index (κ3) is 3.98. The second-order valence-electron chi connectivity index (χ2n) is 5.34. The molecule has 0 radical (unpaired) electrons. The molecule has 1 amide bonds. The third-order valence-electron chi connectivity index (χ3n) is 3.58. The summed E-state index contributed by atoms with van der Waals surface area (Å²) < 4.78 is 6.02. The van der Waals surface area contributed by atoms with Gasteiger partial charge in [-0.15, -0.1) is 0 Å². The fraction of sp³-hybridized carbons (Fsp3) is 0.0588. The number of aromatic amines is 1. The first-order valence-electron chi connectivity index (χ1n) is 7.63. The predicted molar refractivity (Wildman–Crippen MR) is 97.3 cm³/mol. The van der Waals surface area contributed by atoms with Crippen LogP contribution in [0.2, 0.25) is 5.02 Å². The Bertz CT molecular complexity index is 1120. The summed E-state index contributed by atoms with van der Waals surface area (Å²) in [6.45, 7) is -0.0960. The Morgan fingerprint density at radius 1 is 1.30 bits per heavy atom. The molecule has 0 saturated heterocycles. The van der Waals surface area contributed by atoms with Gasteiger partial charge in [0.05, 0.1) is 29.6 Å². The molecule has 3 N–H and O–H groups in total. The molecule has 0 fully saturated rings. The fourth-order valence-electron chi connectivity index (χ4n) is 2.26. The first kappa shape index (κ1) is 18.2. The van der Waals surface area contributed by atoms with Gasteiger partial charge in [0.2, 0.25) is 5.88 Å². The van der Waals surface area contributed by atoms with E-state index in [-0.39, 0.29) is 22.7 Å². The Labute approximate surface area is 156 Å². The van der Waals surface area contributed by atoms with E-state index in [0.717, 1.165) is 10.8 Å². The summed E-state index contributed by atoms with van der Waals surface area (Å²) in [4.78, 5) is 38.0. The molecule has 27 heavy (non-hydrogen) atoms. The topological polar surface area (TPSA) is 130 Å². The summed E-state index contributed by atoms with van der Waals surface area (Å²) >= 11 is 5.92. The Kier molecular flexibility index (Phi) is 5.23. The van der Waals surface area contributed by atoms with Gasteiger partial charge in [-0.2, -0.15) is 5.10 Å². The van der Waals surface area contributed by atoms with Crippen molar-refractivity contribution in [1.29, 1.82) is 0 Å². The zero-order valence-electron chi connectivity index (χ0n) is 13.7. The van der Waals surface area contributed by atoms with Crippen molar-refractivity contribution in [2.24, 2.45) is 5.10 Å². The molecule has 0 saturated carbocycles. The second kappa shape index (κ2) is 7.75. The monoisotopic (exact) mass is 388 g/mol. The Morgan fingerprint density at radius 2 is 2.07 bits per heavy atom. The van der Waals surface area contributed by atoms with Crippen LogP contribution in [-0.4, -0.2) is 26.8 Å². The Balaban J connectivity index is 1.85. The number of hydrazone groups is 1. The number of nitrogens with zero attached hydrogens (tertiary/aromatic N) is 2. The predicted octanol–water partition coefficient (Wildman–Crippen LogP) is 1.30. The number of carbonyl (C=O) groups excluding carboxylic acids is 1. The molecule has 0 aliphatic rings. The highest BCUT2D eigenvalue weighted by Crippen LogP contribution is 2.14. The minimum absolute atomic E-state index is 0.0960. The highest BCUT2D eigenvalue weighted by Gasteiger charge is 2.14. The lowest BCUT2D eigenvalue weighted by Crippen LogP contribution is -2.32. The fourth-order valence-corrected chi connectivity index (χ4v) is 2.48. The van der Waals surface area contributed by atoms with Crippen LogP contribution in [0, 0.1) is 0 Å². The van der Waals surface area contributed by atoms with E-state index in [0.29, 0.717) is 5.76 Å². The van der Waals surface area contributed by atoms with Crippen LogP contribution in [0.1, 0.15) is 21.7 Å². The van der Waals surface area contributed by atoms with E-state index in [1.54, 1.807) is 30.3 Å². The minimum Gasteiger partial charge on any atom is -0.494 e. The van der Waals surface area contributed by atoms with Crippen LogP contribution in [0.15, 0.2) is 61.8 Å². The average molecular weight is 389 g/mol. The first-order valence-corrected chi connectivity index (χ1v) is 8.01. The molecule has 9 nitrogen and oxygen atoms in total. The van der Waals surface area contributed by atoms with Gasteiger partial charge in [0.15, 0.2) is 0 Å². The van der Waals surface area contributed by atoms with Crippen molar-refractivity contribution in [1.82, 2.24) is 15.0 Å². The molecule has 0 atom stereocenters. The van der Waals surface area contributed by atoms with Crippen molar-refractivity contribution in [3.05, 3.63) is 85.4 Å². The molecule has 3 rings (SSSR count). The third-order valence-corrected chi connectivity index (χ3v) is 3.91. The van der Waals surface area contributed by atoms with Crippen LogP contribution in [0.5, 0.6) is 5.88 Å². The second-order valence-corrected chi connectivity index (χ2v) is 5.75. The number of carbonyl (C=O) groups is 1. The lowest BCUT2D eigenvalue weighted by atomic mass is 10.2. The summed E-state index contributed by atoms with van der Waals surface area (Å²) in [7, 11) is 0. The molecule has 0 spiro atoms. The van der Waals surface area contributed by atoms with E-state index in [1.807, 2.05) is 0 Å². The number of furan rings is 1. The van der Waals surface area contributed by atoms with Gasteiger partial charge >= 0.3 is 5.69 Å². The van der Waals surface area contributed by atoms with Crippen molar-refractivity contribution in [3.63, 3.8) is 0 Å². The quantitative estimate of drug-likeness (QED) is 0.448. The maximum atomic E-state index is 12.0. The van der Waals surface area contributed by atoms with Gasteiger partial charge in [-0.3, -0.25) is 19.1 Å². The number of aromatic hydroxyl groups is 1. The van der Waals surface area contributed by atoms with Crippen LogP contribution in [0.4, 0.5) is 0 Å². The van der Waals surface area contributed by atoms with E-state index < -0.39 is 23.0 Å². The number of benzene rings is 1. The van der Waals surface area contributed by atoms with Crippen LogP contribution >= 0.6 is 11.6 Å². The maximum Gasteiger partial charge on any atom is 0.331 e. The van der Waals surface area contributed by atoms with Crippen molar-refractivity contribution in [3.8, 4) is 5.88 Å². The van der Waals surface area contributed by atoms with Gasteiger partial charge in [0.1, 0.15) is 11.3 Å². The molecule has 1 aromatic carbocycles. The lowest BCUT2D eigenvalue weighted by Gasteiger charge is -2.08. The molecular formula is C17H13ClN4O5. The number of H-pyrrole nitrogens is 1. The highest BCUT2D eigenvalue weighted by molar-refractivity contribution is 6.33. The SMILES string of the molecule is O=C(N/N=C/c1c(O)n(Cc2ccco2)c(=O)[nH]c1=O)c1ccccc1Cl. The number of hydrogen-bond donors (Lipinski definition) is 3. The van der Waals surface area contributed by atoms with Crippen molar-refractivity contribution < 1.29 is 14.3 Å². The lowest BCUT2D eigenvalue weighted by molar-refractivity contribution is 0.0955. The zero-order chi connectivity index (χ0) is 19.4. The van der Waals surface area contributed by atoms with Gasteiger partial charge in [-0.05, 0) is 24.3 Å². The van der Waals surface area contributed by atoms with E-state index in [4.69, 9.17) is 16.0 Å². The van der Waals surface area contributed by atoms with E-state index in [9.17, 15) is 19.5 Å². The van der Waals surface area contributed by atoms with Gasteiger partial charge in [0.25, 0.3) is 11.5 Å². The van der Waals surface area contributed by atoms with E-state index in [2.05, 4.69) is 15.5 Å². The zero-order valence-corrected chi connectivity index (χ0v) is 14.4. The van der Waals surface area contributed by atoms with Crippen LogP contribution < -0.4 is 16.7 Å². The normalized spacial score (nSPS) is 11.0. The van der Waals surface area contributed by atoms with Crippen LogP contribution in [0.25, 0.3) is 0 Å². The summed E-state index contributed by atoms with van der Waals surface area (Å²) in [6.07, 6.45) is 2.34. The van der Waals surface area contributed by atoms with Crippen molar-refractivity contribution in [2.45, 2.75) is 6.54 Å². The van der Waals surface area contributed by atoms with Crippen molar-refractivity contribution in [2.75, 3.05) is 0 Å². The summed E-state index contributed by atoms with van der Waals surface area (Å²) in [5, 5.41) is 14.1. The molecule has 10 heteroatoms. The molecule has 2 aromatic heterocycles. The summed E-state index contributed by atoms with van der Waals surface area (Å²) in [5.74, 6) is -0.818. The molecule has 2 heterocycles. The standard InChI is InChI=1S/C17H13ClN4O5/c18-13-6-2-1-5-11(13)15(24)21-19-8-12-14(23)20-17(26)22(16(12)25)9-10-4-3-7-27-10/h1-8,25H,9H2,(H,21,24)(H,20,23,26)/b19-8+. The molecule has 0 bridgehead atoms. The number of amides is 1. The van der Waals surface area contributed by atoms with E-state index >= 15 is 0 Å². The average Bonchev–Trinajstić information content (AvgIpc) is 3.15. The molecule has 0 unspecified atom stereocenters. The highest BCUT2D eigenvalue weighted by atomic mass is 35.5. The number of nitrogens with one attached hydrogen (secondary N) is 2. The first-order chi connectivity index (χ1) is 13.0. The smallest absolute Gasteiger partial charge is 0.331 e. The number of aromatic nitrogens is 2. The maximum absolute atomic E-state index is 12.0. The van der Waals surface area contributed by atoms with Gasteiger partial charge < -0.3 is 9.52 Å². The summed E-state index contributed by atoms with van der Waals surface area (Å²) in [5.41, 5.74) is 0.414. The molecule has 0 aliphatic carbocycles. The number of rotatable bonds is 5. The van der Waals surface area contributed by atoms with Crippen LogP contribution in [0.3, 0.4) is 0 Å². The minimum atomic E-state index is -0.857. The Morgan fingerprint density at radius 3 is 2.78 bits per heavy atom. The van der Waals surface area contributed by atoms with Gasteiger partial charge in [0, 0.05) is 0 Å². The largest absolute Gasteiger partial charge is 0.494 e. The number of hydrogen-bond acceptors (Lipinski definition) is 6. The Hall–Kier alpha value is -3.59. The van der Waals surface area contributed by atoms with Crippen LogP contribution in [-0.2, 0) is 6.54 Å². The molecule has 138 valence electrons. The molecule has 3 aromatic rings. The van der Waals surface area contributed by atoms with Gasteiger partial charge in [-0.25, -0.2) is 10.2 Å². The number of halogens is 1.